The van der Waals surface area contributed by atoms with Crippen molar-refractivity contribution in [2.75, 3.05) is 5.75 Å². The van der Waals surface area contributed by atoms with Crippen LogP contribution in [0.2, 0.25) is 5.02 Å². The summed E-state index contributed by atoms with van der Waals surface area (Å²) < 4.78 is 10.7. The Balaban J connectivity index is 1.70. The van der Waals surface area contributed by atoms with Gasteiger partial charge in [-0.1, -0.05) is 11.6 Å². The number of esters is 1. The molecule has 0 unspecified atom stereocenters. The van der Waals surface area contributed by atoms with Gasteiger partial charge >= 0.3 is 5.97 Å². The van der Waals surface area contributed by atoms with E-state index in [2.05, 4.69) is 0 Å². The van der Waals surface area contributed by atoms with Gasteiger partial charge in [0.1, 0.15) is 17.2 Å². The van der Waals surface area contributed by atoms with E-state index in [4.69, 9.17) is 20.8 Å². The third-order valence-electron chi connectivity index (χ3n) is 4.21. The van der Waals surface area contributed by atoms with Crippen LogP contribution in [0.5, 0.6) is 0 Å². The number of hydrogen-bond donors (Lipinski definition) is 0. The van der Waals surface area contributed by atoms with Gasteiger partial charge in [0.2, 0.25) is 11.7 Å². The number of benzene rings is 1. The lowest BCUT2D eigenvalue weighted by Crippen LogP contribution is -2.44. The van der Waals surface area contributed by atoms with Crippen molar-refractivity contribution in [3.8, 4) is 0 Å². The highest BCUT2D eigenvalue weighted by Gasteiger charge is 2.43. The minimum Gasteiger partial charge on any atom is -0.466 e. The summed E-state index contributed by atoms with van der Waals surface area (Å²) in [5.74, 6) is -0.244. The molecule has 1 aromatic heterocycles. The standard InChI is InChI=1S/C19H18ClNO5S/c1-11(17(23)13-5-7-14(20)8-6-13)26-19(24)15-10-27-18(21(15)12(2)22)16-4-3-9-25-16/h3-9,11,15,18H,10H2,1-2H3/t11-,15+,18+/m0/s1. The van der Waals surface area contributed by atoms with E-state index in [1.54, 1.807) is 36.4 Å². The summed E-state index contributed by atoms with van der Waals surface area (Å²) in [7, 11) is 0. The predicted octanol–water partition coefficient (Wildman–Crippen LogP) is 3.71. The summed E-state index contributed by atoms with van der Waals surface area (Å²) in [4.78, 5) is 38.7. The van der Waals surface area contributed by atoms with Crippen molar-refractivity contribution >= 4 is 41.0 Å². The number of ether oxygens (including phenoxy) is 1. The quantitative estimate of drug-likeness (QED) is 0.555. The summed E-state index contributed by atoms with van der Waals surface area (Å²) in [5, 5.41) is 0.123. The molecule has 27 heavy (non-hydrogen) atoms. The van der Waals surface area contributed by atoms with Gasteiger partial charge in [-0.05, 0) is 43.3 Å². The molecule has 0 saturated carbocycles. The Morgan fingerprint density at radius 3 is 2.56 bits per heavy atom. The SMILES string of the molecule is CC(=O)N1[C@@H](C(=O)O[C@@H](C)C(=O)c2ccc(Cl)cc2)CS[C@@H]1c1ccco1. The zero-order valence-electron chi connectivity index (χ0n) is 14.8. The van der Waals surface area contributed by atoms with E-state index in [9.17, 15) is 14.4 Å². The Bertz CT molecular complexity index is 836. The van der Waals surface area contributed by atoms with E-state index in [1.165, 1.54) is 36.8 Å². The van der Waals surface area contributed by atoms with Crippen LogP contribution in [-0.2, 0) is 14.3 Å². The van der Waals surface area contributed by atoms with Gasteiger partial charge in [0, 0.05) is 23.3 Å². The van der Waals surface area contributed by atoms with E-state index in [0.717, 1.165) is 0 Å². The zero-order chi connectivity index (χ0) is 19.6. The highest BCUT2D eigenvalue weighted by molar-refractivity contribution is 7.99. The molecule has 1 aromatic carbocycles. The van der Waals surface area contributed by atoms with Gasteiger partial charge in [0.15, 0.2) is 6.10 Å². The molecule has 2 aromatic rings. The highest BCUT2D eigenvalue weighted by Crippen LogP contribution is 2.41. The lowest BCUT2D eigenvalue weighted by molar-refractivity contribution is -0.155. The van der Waals surface area contributed by atoms with Gasteiger partial charge in [-0.25, -0.2) is 4.79 Å². The molecule has 1 aliphatic rings. The molecule has 1 saturated heterocycles. The van der Waals surface area contributed by atoms with Crippen molar-refractivity contribution in [2.24, 2.45) is 0 Å². The first kappa shape index (κ1) is 19.5. The number of carbonyl (C=O) groups excluding carboxylic acids is 3. The van der Waals surface area contributed by atoms with E-state index < -0.39 is 23.5 Å². The Morgan fingerprint density at radius 1 is 1.26 bits per heavy atom. The van der Waals surface area contributed by atoms with Crippen molar-refractivity contribution in [1.29, 1.82) is 0 Å². The molecule has 3 atom stereocenters. The third-order valence-corrected chi connectivity index (χ3v) is 5.75. The predicted molar refractivity (Wildman–Crippen MR) is 102 cm³/mol. The maximum absolute atomic E-state index is 12.6. The molecular formula is C19H18ClNO5S. The molecule has 0 bridgehead atoms. The second kappa shape index (κ2) is 8.19. The fourth-order valence-corrected chi connectivity index (χ4v) is 4.42. The molecule has 1 aliphatic heterocycles. The number of thioether (sulfide) groups is 1. The van der Waals surface area contributed by atoms with Crippen LogP contribution in [-0.4, -0.2) is 40.5 Å². The van der Waals surface area contributed by atoms with Crippen LogP contribution in [0.15, 0.2) is 47.1 Å². The first-order valence-electron chi connectivity index (χ1n) is 8.32. The van der Waals surface area contributed by atoms with E-state index in [0.29, 0.717) is 22.1 Å². The van der Waals surface area contributed by atoms with Gasteiger partial charge in [0.25, 0.3) is 0 Å². The van der Waals surface area contributed by atoms with E-state index >= 15 is 0 Å². The molecule has 3 rings (SSSR count). The average molecular weight is 408 g/mol. The molecule has 0 aliphatic carbocycles. The number of hydrogen-bond acceptors (Lipinski definition) is 6. The van der Waals surface area contributed by atoms with Crippen LogP contribution in [0, 0.1) is 0 Å². The molecule has 2 heterocycles. The lowest BCUT2D eigenvalue weighted by atomic mass is 10.1. The smallest absolute Gasteiger partial charge is 0.330 e. The van der Waals surface area contributed by atoms with E-state index in [-0.39, 0.29) is 11.7 Å². The maximum Gasteiger partial charge on any atom is 0.330 e. The van der Waals surface area contributed by atoms with Gasteiger partial charge in [0.05, 0.1) is 6.26 Å². The maximum atomic E-state index is 12.6. The highest BCUT2D eigenvalue weighted by atomic mass is 35.5. The number of furan rings is 1. The summed E-state index contributed by atoms with van der Waals surface area (Å²) in [6.07, 6.45) is 0.548. The van der Waals surface area contributed by atoms with Crippen LogP contribution in [0.1, 0.15) is 35.3 Å². The second-order valence-electron chi connectivity index (χ2n) is 6.09. The topological polar surface area (TPSA) is 76.8 Å². The molecule has 6 nitrogen and oxygen atoms in total. The molecule has 1 fully saturated rings. The Hall–Kier alpha value is -2.25. The van der Waals surface area contributed by atoms with Crippen LogP contribution < -0.4 is 0 Å². The fourth-order valence-electron chi connectivity index (χ4n) is 2.88. The summed E-state index contributed by atoms with van der Waals surface area (Å²) in [5.41, 5.74) is 0.400. The molecular weight excluding hydrogens is 390 g/mol. The zero-order valence-corrected chi connectivity index (χ0v) is 16.3. The van der Waals surface area contributed by atoms with E-state index in [1.807, 2.05) is 0 Å². The minimum atomic E-state index is -0.972. The largest absolute Gasteiger partial charge is 0.466 e. The summed E-state index contributed by atoms with van der Waals surface area (Å²) in [6, 6.07) is 9.07. The normalized spacial score (nSPS) is 20.3. The van der Waals surface area contributed by atoms with Gasteiger partial charge in [-0.15, -0.1) is 11.8 Å². The summed E-state index contributed by atoms with van der Waals surface area (Å²) >= 11 is 7.24. The Labute approximate surface area is 165 Å². The number of halogens is 1. The third kappa shape index (κ3) is 4.20. The number of amides is 1. The number of rotatable bonds is 5. The first-order chi connectivity index (χ1) is 12.9. The van der Waals surface area contributed by atoms with Crippen LogP contribution in [0.25, 0.3) is 0 Å². The lowest BCUT2D eigenvalue weighted by Gasteiger charge is -2.26. The van der Waals surface area contributed by atoms with Gasteiger partial charge in [-0.3, -0.25) is 9.59 Å². The van der Waals surface area contributed by atoms with Crippen molar-refractivity contribution < 1.29 is 23.5 Å². The average Bonchev–Trinajstić information content (AvgIpc) is 3.30. The first-order valence-corrected chi connectivity index (χ1v) is 9.75. The molecule has 1 amide bonds. The molecule has 8 heteroatoms. The minimum absolute atomic E-state index is 0.264. The monoisotopic (exact) mass is 407 g/mol. The second-order valence-corrected chi connectivity index (χ2v) is 7.64. The Kier molecular flexibility index (Phi) is 5.92. The van der Waals surface area contributed by atoms with Gasteiger partial charge < -0.3 is 14.1 Å². The van der Waals surface area contributed by atoms with Crippen LogP contribution in [0.3, 0.4) is 0 Å². The van der Waals surface area contributed by atoms with Crippen molar-refractivity contribution in [1.82, 2.24) is 4.90 Å². The Morgan fingerprint density at radius 2 is 1.96 bits per heavy atom. The van der Waals surface area contributed by atoms with Crippen molar-refractivity contribution in [3.63, 3.8) is 0 Å². The fraction of sp³-hybridized carbons (Fsp3) is 0.316. The molecule has 0 N–H and O–H groups in total. The summed E-state index contributed by atoms with van der Waals surface area (Å²) in [6.45, 7) is 2.91. The number of ketones is 1. The van der Waals surface area contributed by atoms with Crippen molar-refractivity contribution in [3.05, 3.63) is 59.0 Å². The molecule has 0 radical (unpaired) electrons. The number of Topliss-reactive ketones (excluding diaryl/α,β-unsaturated/α-hetero) is 1. The number of carbonyl (C=O) groups is 3. The number of nitrogens with zero attached hydrogens (tertiary/aromatic N) is 1. The molecule has 142 valence electrons. The molecule has 0 spiro atoms. The van der Waals surface area contributed by atoms with Gasteiger partial charge in [-0.2, -0.15) is 0 Å². The van der Waals surface area contributed by atoms with Crippen LogP contribution >= 0.6 is 23.4 Å². The van der Waals surface area contributed by atoms with Crippen LogP contribution in [0.4, 0.5) is 0 Å². The van der Waals surface area contributed by atoms with Crippen molar-refractivity contribution in [2.45, 2.75) is 31.4 Å².